The van der Waals surface area contributed by atoms with Crippen LogP contribution in [0.4, 0.5) is 5.82 Å². The Balaban J connectivity index is 1.91. The molecule has 1 saturated heterocycles. The van der Waals surface area contributed by atoms with E-state index in [-0.39, 0.29) is 0 Å². The molecule has 0 atom stereocenters. The van der Waals surface area contributed by atoms with Crippen molar-refractivity contribution in [3.8, 4) is 0 Å². The van der Waals surface area contributed by atoms with Crippen LogP contribution in [0.15, 0.2) is 6.07 Å². The number of anilines is 1. The van der Waals surface area contributed by atoms with Gasteiger partial charge < -0.3 is 14.9 Å². The van der Waals surface area contributed by atoms with Gasteiger partial charge in [0.15, 0.2) is 0 Å². The average molecular weight is 289 g/mol. The zero-order valence-corrected chi connectivity index (χ0v) is 12.6. The fourth-order valence-corrected chi connectivity index (χ4v) is 3.30. The number of aromatic nitrogens is 1. The molecule has 1 aromatic heterocycles. The summed E-state index contributed by atoms with van der Waals surface area (Å²) < 4.78 is 0. The fourth-order valence-electron chi connectivity index (χ4n) is 3.30. The Morgan fingerprint density at radius 3 is 2.62 bits per heavy atom. The topological polar surface area (TPSA) is 56.7 Å². The van der Waals surface area contributed by atoms with Crippen LogP contribution in [-0.4, -0.2) is 53.7 Å². The number of rotatable bonds is 3. The molecule has 2 aliphatic rings. The Hall–Kier alpha value is -1.62. The smallest absolute Gasteiger partial charge is 0.339 e. The molecule has 0 saturated carbocycles. The summed E-state index contributed by atoms with van der Waals surface area (Å²) in [7, 11) is 0. The third-order valence-corrected chi connectivity index (χ3v) is 4.63. The summed E-state index contributed by atoms with van der Waals surface area (Å²) in [5.41, 5.74) is 2.62. The normalized spacial score (nSPS) is 19.4. The molecule has 0 unspecified atom stereocenters. The van der Waals surface area contributed by atoms with Crippen LogP contribution in [0.2, 0.25) is 0 Å². The molecular weight excluding hydrogens is 266 g/mol. The Kier molecular flexibility index (Phi) is 4.10. The Labute approximate surface area is 125 Å². The van der Waals surface area contributed by atoms with Crippen molar-refractivity contribution in [2.24, 2.45) is 0 Å². The first-order valence-electron chi connectivity index (χ1n) is 7.92. The monoisotopic (exact) mass is 289 g/mol. The second-order valence-corrected chi connectivity index (χ2v) is 5.90. The highest BCUT2D eigenvalue weighted by Gasteiger charge is 2.24. The van der Waals surface area contributed by atoms with Crippen LogP contribution in [0, 0.1) is 0 Å². The summed E-state index contributed by atoms with van der Waals surface area (Å²) in [6.07, 6.45) is 4.25. The number of likely N-dealkylation sites (N-methyl/N-ethyl adjacent to an activating group) is 1. The van der Waals surface area contributed by atoms with Gasteiger partial charge >= 0.3 is 5.97 Å². The highest BCUT2D eigenvalue weighted by Crippen LogP contribution is 2.27. The maximum atomic E-state index is 11.6. The molecule has 0 amide bonds. The Bertz CT molecular complexity index is 537. The minimum Gasteiger partial charge on any atom is -0.478 e. The minimum atomic E-state index is -0.858. The van der Waals surface area contributed by atoms with Crippen LogP contribution < -0.4 is 4.90 Å². The van der Waals surface area contributed by atoms with Gasteiger partial charge in [-0.3, -0.25) is 0 Å². The summed E-state index contributed by atoms with van der Waals surface area (Å²) in [6.45, 7) is 6.90. The second-order valence-electron chi connectivity index (χ2n) is 5.90. The van der Waals surface area contributed by atoms with E-state index in [4.69, 9.17) is 4.98 Å². The van der Waals surface area contributed by atoms with E-state index >= 15 is 0 Å². The van der Waals surface area contributed by atoms with Crippen LogP contribution in [0.1, 0.15) is 41.4 Å². The lowest BCUT2D eigenvalue weighted by molar-refractivity contribution is 0.0696. The second kappa shape index (κ2) is 6.02. The largest absolute Gasteiger partial charge is 0.478 e. The van der Waals surface area contributed by atoms with E-state index in [0.29, 0.717) is 11.4 Å². The average Bonchev–Trinajstić information content (AvgIpc) is 2.53. The molecule has 1 aliphatic carbocycles. The Morgan fingerprint density at radius 1 is 1.24 bits per heavy atom. The van der Waals surface area contributed by atoms with E-state index in [1.807, 2.05) is 6.07 Å². The summed E-state index contributed by atoms with van der Waals surface area (Å²) in [6, 6.07) is 1.87. The van der Waals surface area contributed by atoms with Crippen LogP contribution in [0.3, 0.4) is 0 Å². The van der Waals surface area contributed by atoms with E-state index < -0.39 is 5.97 Å². The predicted molar refractivity (Wildman–Crippen MR) is 82.2 cm³/mol. The number of aromatic carboxylic acids is 1. The lowest BCUT2D eigenvalue weighted by atomic mass is 9.94. The number of nitrogens with zero attached hydrogens (tertiary/aromatic N) is 3. The molecule has 114 valence electrons. The molecule has 2 heterocycles. The molecule has 1 fully saturated rings. The van der Waals surface area contributed by atoms with Crippen molar-refractivity contribution in [1.82, 2.24) is 9.88 Å². The van der Waals surface area contributed by atoms with Gasteiger partial charge in [-0.05, 0) is 43.9 Å². The number of hydrogen-bond donors (Lipinski definition) is 1. The molecule has 5 heteroatoms. The van der Waals surface area contributed by atoms with Crippen LogP contribution in [0.25, 0.3) is 0 Å². The van der Waals surface area contributed by atoms with Gasteiger partial charge in [0.2, 0.25) is 0 Å². The number of pyridine rings is 1. The van der Waals surface area contributed by atoms with Crippen LogP contribution >= 0.6 is 0 Å². The molecule has 0 bridgehead atoms. The lowest BCUT2D eigenvalue weighted by Crippen LogP contribution is -2.47. The number of carboxylic acids is 1. The minimum absolute atomic E-state index is 0.376. The maximum Gasteiger partial charge on any atom is 0.339 e. The van der Waals surface area contributed by atoms with Gasteiger partial charge in [0, 0.05) is 31.9 Å². The number of fused-ring (bicyclic) bond motifs is 1. The lowest BCUT2D eigenvalue weighted by Gasteiger charge is -2.35. The van der Waals surface area contributed by atoms with Crippen molar-refractivity contribution >= 4 is 11.8 Å². The molecule has 1 aliphatic heterocycles. The van der Waals surface area contributed by atoms with Gasteiger partial charge in [-0.2, -0.15) is 0 Å². The molecule has 3 rings (SSSR count). The van der Waals surface area contributed by atoms with Crippen molar-refractivity contribution in [1.29, 1.82) is 0 Å². The van der Waals surface area contributed by atoms with Crippen molar-refractivity contribution in [3.63, 3.8) is 0 Å². The highest BCUT2D eigenvalue weighted by atomic mass is 16.4. The van der Waals surface area contributed by atoms with Crippen LogP contribution in [-0.2, 0) is 12.8 Å². The Morgan fingerprint density at radius 2 is 1.95 bits per heavy atom. The number of aryl methyl sites for hydroxylation is 2. The quantitative estimate of drug-likeness (QED) is 0.919. The van der Waals surface area contributed by atoms with Gasteiger partial charge in [-0.15, -0.1) is 0 Å². The van der Waals surface area contributed by atoms with Crippen LogP contribution in [0.5, 0.6) is 0 Å². The van der Waals surface area contributed by atoms with Gasteiger partial charge in [0.05, 0.1) is 0 Å². The number of carboxylic acid groups (broad SMARTS) is 1. The first-order chi connectivity index (χ1) is 10.2. The zero-order valence-electron chi connectivity index (χ0n) is 12.6. The third-order valence-electron chi connectivity index (χ3n) is 4.63. The molecule has 0 spiro atoms. The maximum absolute atomic E-state index is 11.6. The van der Waals surface area contributed by atoms with Crippen molar-refractivity contribution in [2.45, 2.75) is 32.6 Å². The number of hydrogen-bond acceptors (Lipinski definition) is 4. The first-order valence-corrected chi connectivity index (χ1v) is 7.92. The fraction of sp³-hybridized carbons (Fsp3) is 0.625. The SMILES string of the molecule is CCN1CCN(c2nc3c(cc2C(=O)O)CCCC3)CC1. The van der Waals surface area contributed by atoms with E-state index in [0.717, 1.165) is 69.7 Å². The predicted octanol–water partition coefficient (Wildman–Crippen LogP) is 1.80. The van der Waals surface area contributed by atoms with E-state index in [2.05, 4.69) is 16.7 Å². The van der Waals surface area contributed by atoms with Gasteiger partial charge in [0.1, 0.15) is 11.4 Å². The van der Waals surface area contributed by atoms with Gasteiger partial charge in [-0.1, -0.05) is 6.92 Å². The molecular formula is C16H23N3O2. The van der Waals surface area contributed by atoms with Crippen molar-refractivity contribution in [3.05, 3.63) is 22.9 Å². The van der Waals surface area contributed by atoms with Gasteiger partial charge in [-0.25, -0.2) is 9.78 Å². The summed E-state index contributed by atoms with van der Waals surface area (Å²) >= 11 is 0. The standard InChI is InChI=1S/C16H23N3O2/c1-2-18-7-9-19(10-8-18)15-13(16(20)21)11-12-5-3-4-6-14(12)17-15/h11H,2-10H2,1H3,(H,20,21). The van der Waals surface area contributed by atoms with Crippen molar-refractivity contribution in [2.75, 3.05) is 37.6 Å². The molecule has 21 heavy (non-hydrogen) atoms. The number of piperazine rings is 1. The number of carbonyl (C=O) groups is 1. The zero-order chi connectivity index (χ0) is 14.8. The summed E-state index contributed by atoms with van der Waals surface area (Å²) in [5, 5.41) is 9.52. The van der Waals surface area contributed by atoms with E-state index in [1.165, 1.54) is 0 Å². The first kappa shape index (κ1) is 14.3. The highest BCUT2D eigenvalue weighted by molar-refractivity contribution is 5.93. The van der Waals surface area contributed by atoms with E-state index in [9.17, 15) is 9.90 Å². The molecule has 1 N–H and O–H groups in total. The molecule has 0 radical (unpaired) electrons. The third kappa shape index (κ3) is 2.88. The molecule has 5 nitrogen and oxygen atoms in total. The van der Waals surface area contributed by atoms with Gasteiger partial charge in [0.25, 0.3) is 0 Å². The summed E-state index contributed by atoms with van der Waals surface area (Å²) in [4.78, 5) is 20.9. The van der Waals surface area contributed by atoms with E-state index in [1.54, 1.807) is 0 Å². The molecule has 0 aromatic carbocycles. The molecule has 1 aromatic rings. The van der Waals surface area contributed by atoms with Crippen molar-refractivity contribution < 1.29 is 9.90 Å². The summed E-state index contributed by atoms with van der Waals surface area (Å²) in [5.74, 6) is -0.178.